The van der Waals surface area contributed by atoms with Gasteiger partial charge in [0.1, 0.15) is 0 Å². The monoisotopic (exact) mass is 251 g/mol. The molecule has 3 nitrogen and oxygen atoms in total. The van der Waals surface area contributed by atoms with Gasteiger partial charge in [0.25, 0.3) is 0 Å². The second-order valence-corrected chi connectivity index (χ2v) is 7.36. The lowest BCUT2D eigenvalue weighted by atomic mass is 9.83. The van der Waals surface area contributed by atoms with Crippen LogP contribution in [0.25, 0.3) is 0 Å². The van der Waals surface area contributed by atoms with Gasteiger partial charge in [-0.05, 0) is 65.6 Å². The van der Waals surface area contributed by atoms with E-state index in [0.717, 1.165) is 18.0 Å². The summed E-state index contributed by atoms with van der Waals surface area (Å²) in [6, 6.07) is 1.66. The van der Waals surface area contributed by atoms with Crippen molar-refractivity contribution in [2.24, 2.45) is 5.92 Å². The molecule has 0 amide bonds. The highest BCUT2D eigenvalue weighted by molar-refractivity contribution is 4.98. The Morgan fingerprint density at radius 2 is 2.00 bits per heavy atom. The molecule has 3 heterocycles. The van der Waals surface area contributed by atoms with Gasteiger partial charge in [0.15, 0.2) is 0 Å². The topological polar surface area (TPSA) is 18.5 Å². The first-order valence-electron chi connectivity index (χ1n) is 7.74. The Morgan fingerprint density at radius 3 is 2.72 bits per heavy atom. The Hall–Kier alpha value is -0.120. The standard InChI is InChI=1S/C15H29N3/c1-15(2)9-13(10-16-15)18-8-6-14-12(11-18)5-4-7-17(14)3/h12-14,16H,4-11H2,1-3H3. The Morgan fingerprint density at radius 1 is 1.17 bits per heavy atom. The van der Waals surface area contributed by atoms with Crippen molar-refractivity contribution in [2.45, 2.75) is 57.2 Å². The zero-order valence-corrected chi connectivity index (χ0v) is 12.3. The molecule has 0 aliphatic carbocycles. The predicted molar refractivity (Wildman–Crippen MR) is 75.8 cm³/mol. The number of nitrogens with one attached hydrogen (secondary N) is 1. The molecule has 0 radical (unpaired) electrons. The minimum Gasteiger partial charge on any atom is -0.310 e. The van der Waals surface area contributed by atoms with Crippen LogP contribution in [0.3, 0.4) is 0 Å². The van der Waals surface area contributed by atoms with Gasteiger partial charge in [0.05, 0.1) is 0 Å². The van der Waals surface area contributed by atoms with E-state index < -0.39 is 0 Å². The number of likely N-dealkylation sites (tertiary alicyclic amines) is 2. The number of hydrogen-bond acceptors (Lipinski definition) is 3. The molecule has 104 valence electrons. The van der Waals surface area contributed by atoms with E-state index in [9.17, 15) is 0 Å². The van der Waals surface area contributed by atoms with E-state index in [-0.39, 0.29) is 0 Å². The van der Waals surface area contributed by atoms with Crippen LogP contribution < -0.4 is 5.32 Å². The summed E-state index contributed by atoms with van der Waals surface area (Å²) >= 11 is 0. The molecule has 3 saturated heterocycles. The van der Waals surface area contributed by atoms with Gasteiger partial charge in [0, 0.05) is 30.7 Å². The molecule has 0 aromatic carbocycles. The van der Waals surface area contributed by atoms with Crippen molar-refractivity contribution in [3.63, 3.8) is 0 Å². The molecule has 3 fully saturated rings. The first-order valence-corrected chi connectivity index (χ1v) is 7.74. The van der Waals surface area contributed by atoms with Gasteiger partial charge in [-0.15, -0.1) is 0 Å². The first-order chi connectivity index (χ1) is 8.55. The highest BCUT2D eigenvalue weighted by Crippen LogP contribution is 2.32. The molecule has 3 heteroatoms. The number of fused-ring (bicyclic) bond motifs is 1. The molecule has 0 aromatic rings. The average Bonchev–Trinajstić information content (AvgIpc) is 2.70. The molecular formula is C15H29N3. The lowest BCUT2D eigenvalue weighted by molar-refractivity contribution is 0.0226. The van der Waals surface area contributed by atoms with E-state index in [1.807, 2.05) is 0 Å². The SMILES string of the molecule is CN1CCCC2CN(C3CNC(C)(C)C3)CCC21. The second-order valence-electron chi connectivity index (χ2n) is 7.36. The fourth-order valence-electron chi connectivity index (χ4n) is 4.40. The van der Waals surface area contributed by atoms with Crippen LogP contribution in [0.1, 0.15) is 39.5 Å². The van der Waals surface area contributed by atoms with E-state index in [0.29, 0.717) is 5.54 Å². The van der Waals surface area contributed by atoms with Crippen molar-refractivity contribution in [2.75, 3.05) is 33.2 Å². The van der Waals surface area contributed by atoms with E-state index in [4.69, 9.17) is 0 Å². The van der Waals surface area contributed by atoms with Crippen molar-refractivity contribution in [3.8, 4) is 0 Å². The van der Waals surface area contributed by atoms with Crippen LogP contribution in [0.2, 0.25) is 0 Å². The Labute approximate surface area is 112 Å². The summed E-state index contributed by atoms with van der Waals surface area (Å²) in [4.78, 5) is 5.39. The summed E-state index contributed by atoms with van der Waals surface area (Å²) < 4.78 is 0. The van der Waals surface area contributed by atoms with Crippen LogP contribution in [-0.4, -0.2) is 60.6 Å². The predicted octanol–water partition coefficient (Wildman–Crippen LogP) is 1.54. The third-order valence-electron chi connectivity index (χ3n) is 5.46. The zero-order chi connectivity index (χ0) is 12.8. The molecule has 3 aliphatic rings. The summed E-state index contributed by atoms with van der Waals surface area (Å²) in [6.45, 7) is 9.85. The lowest BCUT2D eigenvalue weighted by Crippen LogP contribution is -2.55. The average molecular weight is 251 g/mol. The van der Waals surface area contributed by atoms with Crippen molar-refractivity contribution in [3.05, 3.63) is 0 Å². The lowest BCUT2D eigenvalue weighted by Gasteiger charge is -2.47. The molecule has 3 rings (SSSR count). The molecule has 3 atom stereocenters. The van der Waals surface area contributed by atoms with Gasteiger partial charge in [-0.25, -0.2) is 0 Å². The molecule has 0 bridgehead atoms. The maximum Gasteiger partial charge on any atom is 0.0238 e. The first kappa shape index (κ1) is 12.9. The third kappa shape index (κ3) is 2.45. The smallest absolute Gasteiger partial charge is 0.0238 e. The molecule has 3 aliphatic heterocycles. The van der Waals surface area contributed by atoms with Gasteiger partial charge in [0.2, 0.25) is 0 Å². The van der Waals surface area contributed by atoms with Crippen LogP contribution in [0, 0.1) is 5.92 Å². The van der Waals surface area contributed by atoms with Crippen LogP contribution >= 0.6 is 0 Å². The van der Waals surface area contributed by atoms with Gasteiger partial charge in [-0.3, -0.25) is 4.90 Å². The van der Waals surface area contributed by atoms with E-state index in [2.05, 4.69) is 36.0 Å². The Kier molecular flexibility index (Phi) is 3.41. The maximum atomic E-state index is 3.67. The molecule has 1 N–H and O–H groups in total. The summed E-state index contributed by atoms with van der Waals surface area (Å²) in [7, 11) is 2.33. The van der Waals surface area contributed by atoms with Gasteiger partial charge >= 0.3 is 0 Å². The van der Waals surface area contributed by atoms with Crippen molar-refractivity contribution in [1.29, 1.82) is 0 Å². The normalized spacial score (nSPS) is 41.8. The number of rotatable bonds is 1. The minimum absolute atomic E-state index is 0.352. The largest absolute Gasteiger partial charge is 0.310 e. The van der Waals surface area contributed by atoms with Crippen LogP contribution in [0.4, 0.5) is 0 Å². The highest BCUT2D eigenvalue weighted by atomic mass is 15.2. The number of hydrogen-bond donors (Lipinski definition) is 1. The van der Waals surface area contributed by atoms with Gasteiger partial charge < -0.3 is 10.2 Å². The summed E-state index contributed by atoms with van der Waals surface area (Å²) in [6.07, 6.45) is 5.56. The van der Waals surface area contributed by atoms with Gasteiger partial charge in [-0.2, -0.15) is 0 Å². The van der Waals surface area contributed by atoms with Crippen LogP contribution in [0.5, 0.6) is 0 Å². The summed E-state index contributed by atoms with van der Waals surface area (Å²) in [5, 5.41) is 3.67. The van der Waals surface area contributed by atoms with Crippen molar-refractivity contribution < 1.29 is 0 Å². The Balaban J connectivity index is 1.61. The zero-order valence-electron chi connectivity index (χ0n) is 12.3. The quantitative estimate of drug-likeness (QED) is 0.763. The molecule has 0 aromatic heterocycles. The minimum atomic E-state index is 0.352. The van der Waals surface area contributed by atoms with E-state index in [1.54, 1.807) is 0 Å². The van der Waals surface area contributed by atoms with Crippen LogP contribution in [0.15, 0.2) is 0 Å². The Bertz CT molecular complexity index is 302. The molecule has 3 unspecified atom stereocenters. The fourth-order valence-corrected chi connectivity index (χ4v) is 4.40. The second kappa shape index (κ2) is 4.77. The van der Waals surface area contributed by atoms with Crippen LogP contribution in [-0.2, 0) is 0 Å². The molecule has 0 saturated carbocycles. The number of nitrogens with zero attached hydrogens (tertiary/aromatic N) is 2. The van der Waals surface area contributed by atoms with Gasteiger partial charge in [-0.1, -0.05) is 0 Å². The van der Waals surface area contributed by atoms with E-state index in [1.165, 1.54) is 51.9 Å². The van der Waals surface area contributed by atoms with E-state index >= 15 is 0 Å². The molecule has 18 heavy (non-hydrogen) atoms. The summed E-state index contributed by atoms with van der Waals surface area (Å²) in [5.41, 5.74) is 0.352. The fraction of sp³-hybridized carbons (Fsp3) is 1.00. The maximum absolute atomic E-state index is 3.67. The molecule has 0 spiro atoms. The molecular weight excluding hydrogens is 222 g/mol. The van der Waals surface area contributed by atoms with Crippen molar-refractivity contribution in [1.82, 2.24) is 15.1 Å². The highest BCUT2D eigenvalue weighted by Gasteiger charge is 2.39. The summed E-state index contributed by atoms with van der Waals surface area (Å²) in [5.74, 6) is 0.932. The number of piperidine rings is 2. The van der Waals surface area contributed by atoms with Crippen molar-refractivity contribution >= 4 is 0 Å². The third-order valence-corrected chi connectivity index (χ3v) is 5.46.